The van der Waals surface area contributed by atoms with Crippen LogP contribution in [0.5, 0.6) is 5.75 Å². The number of methoxy groups -OCH3 is 1. The first kappa shape index (κ1) is 16.0. The fourth-order valence-corrected chi connectivity index (χ4v) is 1.75. The quantitative estimate of drug-likeness (QED) is 0.387. The molecule has 0 aliphatic carbocycles. The van der Waals surface area contributed by atoms with E-state index >= 15 is 0 Å². The molecular formula is C15H14N4O4. The number of amides is 1. The minimum Gasteiger partial charge on any atom is -0.497 e. The van der Waals surface area contributed by atoms with Gasteiger partial charge in [-0.05, 0) is 36.4 Å². The lowest BCUT2D eigenvalue weighted by Gasteiger charge is -2.05. The molecule has 0 aliphatic rings. The average Bonchev–Trinajstić information content (AvgIpc) is 2.55. The third-order valence-corrected chi connectivity index (χ3v) is 2.90. The van der Waals surface area contributed by atoms with Gasteiger partial charge in [-0.2, -0.15) is 0 Å². The summed E-state index contributed by atoms with van der Waals surface area (Å²) in [5.74, 6) is 0.101. The number of guanidine groups is 1. The van der Waals surface area contributed by atoms with Crippen molar-refractivity contribution in [3.63, 3.8) is 0 Å². The maximum absolute atomic E-state index is 12.0. The van der Waals surface area contributed by atoms with E-state index in [4.69, 9.17) is 10.5 Å². The van der Waals surface area contributed by atoms with Gasteiger partial charge in [0.1, 0.15) is 5.75 Å². The molecule has 0 bridgehead atoms. The maximum Gasteiger partial charge on any atom is 0.269 e. The summed E-state index contributed by atoms with van der Waals surface area (Å²) in [5.41, 5.74) is 6.39. The molecule has 23 heavy (non-hydrogen) atoms. The molecule has 2 aromatic carbocycles. The molecule has 8 heteroatoms. The molecule has 0 saturated carbocycles. The van der Waals surface area contributed by atoms with Crippen LogP contribution in [-0.2, 0) is 0 Å². The summed E-state index contributed by atoms with van der Waals surface area (Å²) >= 11 is 0. The first-order valence-electron chi connectivity index (χ1n) is 6.53. The largest absolute Gasteiger partial charge is 0.497 e. The van der Waals surface area contributed by atoms with Crippen molar-refractivity contribution in [2.45, 2.75) is 0 Å². The Bertz CT molecular complexity index is 739. The molecule has 2 aromatic rings. The fraction of sp³-hybridized carbons (Fsp3) is 0.0667. The number of hydrogen-bond donors (Lipinski definition) is 2. The topological polar surface area (TPSA) is 120 Å². The first-order chi connectivity index (χ1) is 11.0. The zero-order valence-corrected chi connectivity index (χ0v) is 12.2. The normalized spacial score (nSPS) is 10.9. The van der Waals surface area contributed by atoms with Gasteiger partial charge in [-0.25, -0.2) is 4.99 Å². The predicted octanol–water partition coefficient (Wildman–Crippen LogP) is 1.98. The van der Waals surface area contributed by atoms with Crippen LogP contribution < -0.4 is 15.8 Å². The SMILES string of the molecule is COc1ccc(C(=O)NC(N)=Nc2ccc([N+](=O)[O-])cc2)cc1. The summed E-state index contributed by atoms with van der Waals surface area (Å²) in [5, 5.41) is 13.0. The number of nitrogens with one attached hydrogen (secondary N) is 1. The zero-order valence-electron chi connectivity index (χ0n) is 12.2. The molecular weight excluding hydrogens is 300 g/mol. The number of nitro groups is 1. The lowest BCUT2D eigenvalue weighted by Crippen LogP contribution is -2.36. The minimum atomic E-state index is -0.512. The molecule has 8 nitrogen and oxygen atoms in total. The molecule has 1 amide bonds. The number of non-ortho nitro benzene ring substituents is 1. The van der Waals surface area contributed by atoms with Crippen LogP contribution in [0.15, 0.2) is 53.5 Å². The zero-order chi connectivity index (χ0) is 16.8. The number of rotatable bonds is 4. The van der Waals surface area contributed by atoms with Crippen molar-refractivity contribution in [2.24, 2.45) is 10.7 Å². The Morgan fingerprint density at radius 2 is 1.78 bits per heavy atom. The van der Waals surface area contributed by atoms with E-state index in [2.05, 4.69) is 10.3 Å². The standard InChI is InChI=1S/C15H14N4O4/c1-23-13-8-2-10(3-9-13)14(20)18-15(16)17-11-4-6-12(7-5-11)19(21)22/h2-9H,1H3,(H3,16,17,18,20). The Morgan fingerprint density at radius 1 is 1.17 bits per heavy atom. The van der Waals surface area contributed by atoms with Crippen LogP contribution >= 0.6 is 0 Å². The van der Waals surface area contributed by atoms with E-state index in [0.29, 0.717) is 17.0 Å². The van der Waals surface area contributed by atoms with Gasteiger partial charge in [-0.15, -0.1) is 0 Å². The maximum atomic E-state index is 12.0. The molecule has 0 aromatic heterocycles. The van der Waals surface area contributed by atoms with Gasteiger partial charge in [0.2, 0.25) is 5.96 Å². The summed E-state index contributed by atoms with van der Waals surface area (Å²) < 4.78 is 5.01. The number of carbonyl (C=O) groups is 1. The molecule has 0 aliphatic heterocycles. The highest BCUT2D eigenvalue weighted by Crippen LogP contribution is 2.17. The highest BCUT2D eigenvalue weighted by atomic mass is 16.6. The van der Waals surface area contributed by atoms with Crippen molar-refractivity contribution in [1.29, 1.82) is 0 Å². The lowest BCUT2D eigenvalue weighted by atomic mass is 10.2. The number of nitrogens with two attached hydrogens (primary N) is 1. The van der Waals surface area contributed by atoms with Crippen molar-refractivity contribution >= 4 is 23.2 Å². The van der Waals surface area contributed by atoms with Crippen LogP contribution in [0.2, 0.25) is 0 Å². The molecule has 118 valence electrons. The van der Waals surface area contributed by atoms with E-state index in [0.717, 1.165) is 0 Å². The van der Waals surface area contributed by atoms with E-state index in [-0.39, 0.29) is 11.6 Å². The molecule has 0 fully saturated rings. The Balaban J connectivity index is 2.05. The number of nitrogens with zero attached hydrogens (tertiary/aromatic N) is 2. The Kier molecular flexibility index (Phi) is 4.88. The van der Waals surface area contributed by atoms with E-state index in [1.807, 2.05) is 0 Å². The van der Waals surface area contributed by atoms with Gasteiger partial charge in [0.15, 0.2) is 0 Å². The Hall–Kier alpha value is -3.42. The van der Waals surface area contributed by atoms with Crippen LogP contribution in [0.1, 0.15) is 10.4 Å². The van der Waals surface area contributed by atoms with Gasteiger partial charge < -0.3 is 10.5 Å². The third-order valence-electron chi connectivity index (χ3n) is 2.90. The monoisotopic (exact) mass is 314 g/mol. The molecule has 3 N–H and O–H groups in total. The predicted molar refractivity (Wildman–Crippen MR) is 84.8 cm³/mol. The van der Waals surface area contributed by atoms with E-state index in [1.165, 1.54) is 31.4 Å². The van der Waals surface area contributed by atoms with Crippen LogP contribution in [0.25, 0.3) is 0 Å². The summed E-state index contributed by atoms with van der Waals surface area (Å²) in [6.07, 6.45) is 0. The lowest BCUT2D eigenvalue weighted by molar-refractivity contribution is -0.384. The van der Waals surface area contributed by atoms with Gasteiger partial charge in [-0.1, -0.05) is 0 Å². The van der Waals surface area contributed by atoms with Crippen LogP contribution in [0.4, 0.5) is 11.4 Å². The van der Waals surface area contributed by atoms with Crippen LogP contribution in [0.3, 0.4) is 0 Å². The number of aliphatic imine (C=N–C) groups is 1. The van der Waals surface area contributed by atoms with E-state index in [9.17, 15) is 14.9 Å². The number of ether oxygens (including phenoxy) is 1. The second kappa shape index (κ2) is 7.03. The second-order valence-electron chi connectivity index (χ2n) is 4.45. The fourth-order valence-electron chi connectivity index (χ4n) is 1.75. The molecule has 0 heterocycles. The second-order valence-corrected chi connectivity index (χ2v) is 4.45. The highest BCUT2D eigenvalue weighted by Gasteiger charge is 2.08. The van der Waals surface area contributed by atoms with Gasteiger partial charge in [0.05, 0.1) is 17.7 Å². The van der Waals surface area contributed by atoms with Gasteiger partial charge >= 0.3 is 0 Å². The van der Waals surface area contributed by atoms with Gasteiger partial charge in [0.25, 0.3) is 11.6 Å². The molecule has 0 radical (unpaired) electrons. The van der Waals surface area contributed by atoms with Crippen molar-refractivity contribution in [3.05, 3.63) is 64.2 Å². The molecule has 0 spiro atoms. The molecule has 2 rings (SSSR count). The van der Waals surface area contributed by atoms with Crippen molar-refractivity contribution in [1.82, 2.24) is 5.32 Å². The minimum absolute atomic E-state index is 0.0511. The Labute approximate surface area is 131 Å². The van der Waals surface area contributed by atoms with Crippen molar-refractivity contribution in [2.75, 3.05) is 7.11 Å². The number of benzene rings is 2. The Morgan fingerprint density at radius 3 is 2.30 bits per heavy atom. The highest BCUT2D eigenvalue weighted by molar-refractivity contribution is 6.05. The first-order valence-corrected chi connectivity index (χ1v) is 6.53. The average molecular weight is 314 g/mol. The van der Waals surface area contributed by atoms with Crippen molar-refractivity contribution in [3.8, 4) is 5.75 Å². The number of carbonyl (C=O) groups excluding carboxylic acids is 1. The molecule has 0 saturated heterocycles. The van der Waals surface area contributed by atoms with Crippen LogP contribution in [0, 0.1) is 10.1 Å². The van der Waals surface area contributed by atoms with Crippen LogP contribution in [-0.4, -0.2) is 23.9 Å². The number of hydrogen-bond acceptors (Lipinski definition) is 5. The van der Waals surface area contributed by atoms with E-state index < -0.39 is 10.8 Å². The summed E-state index contributed by atoms with van der Waals surface area (Å²) in [7, 11) is 1.53. The summed E-state index contributed by atoms with van der Waals surface area (Å²) in [4.78, 5) is 26.0. The smallest absolute Gasteiger partial charge is 0.269 e. The molecule has 0 unspecified atom stereocenters. The third kappa shape index (κ3) is 4.27. The molecule has 0 atom stereocenters. The van der Waals surface area contributed by atoms with E-state index in [1.54, 1.807) is 24.3 Å². The van der Waals surface area contributed by atoms with Gasteiger partial charge in [-0.3, -0.25) is 20.2 Å². The summed E-state index contributed by atoms with van der Waals surface area (Å²) in [6.45, 7) is 0. The number of nitro benzene ring substituents is 1. The van der Waals surface area contributed by atoms with Gasteiger partial charge in [0, 0.05) is 17.7 Å². The summed E-state index contributed by atoms with van der Waals surface area (Å²) in [6, 6.07) is 12.0. The van der Waals surface area contributed by atoms with Crippen molar-refractivity contribution < 1.29 is 14.5 Å².